The summed E-state index contributed by atoms with van der Waals surface area (Å²) < 4.78 is 12.2. The molecule has 2 rings (SSSR count). The lowest BCUT2D eigenvalue weighted by molar-refractivity contribution is 0.0659. The summed E-state index contributed by atoms with van der Waals surface area (Å²) in [7, 11) is 1.58. The molecule has 2 heterocycles. The summed E-state index contributed by atoms with van der Waals surface area (Å²) in [6.07, 6.45) is 3.81. The summed E-state index contributed by atoms with van der Waals surface area (Å²) in [4.78, 5) is 0. The van der Waals surface area contributed by atoms with E-state index in [-0.39, 0.29) is 0 Å². The Morgan fingerprint density at radius 1 is 1.57 bits per heavy atom. The summed E-state index contributed by atoms with van der Waals surface area (Å²) in [5.41, 5.74) is 6.32. The minimum absolute atomic E-state index is 0.398. The Morgan fingerprint density at radius 2 is 2.29 bits per heavy atom. The molecule has 1 aromatic heterocycles. The van der Waals surface area contributed by atoms with E-state index in [1.165, 1.54) is 0 Å². The molecule has 0 atom stereocenters. The maximum absolute atomic E-state index is 5.72. The van der Waals surface area contributed by atoms with Crippen LogP contribution >= 0.6 is 0 Å². The predicted molar refractivity (Wildman–Crippen MR) is 52.3 cm³/mol. The molecule has 0 aromatic carbocycles. The van der Waals surface area contributed by atoms with Crippen LogP contribution in [0.3, 0.4) is 0 Å². The molecule has 1 fully saturated rings. The van der Waals surface area contributed by atoms with Gasteiger partial charge in [0.2, 0.25) is 0 Å². The lowest BCUT2D eigenvalue weighted by Gasteiger charge is -2.21. The van der Waals surface area contributed by atoms with Crippen molar-refractivity contribution >= 4 is 5.69 Å². The van der Waals surface area contributed by atoms with Crippen LogP contribution in [0.4, 0.5) is 5.69 Å². The zero-order chi connectivity index (χ0) is 9.97. The van der Waals surface area contributed by atoms with Gasteiger partial charge < -0.3 is 15.2 Å². The van der Waals surface area contributed by atoms with Gasteiger partial charge in [0.25, 0.3) is 5.88 Å². The molecule has 1 saturated heterocycles. The zero-order valence-corrected chi connectivity index (χ0v) is 8.27. The van der Waals surface area contributed by atoms with E-state index in [0.29, 0.717) is 17.6 Å². The molecule has 78 valence electrons. The van der Waals surface area contributed by atoms with Crippen molar-refractivity contribution in [3.05, 3.63) is 6.20 Å². The molecule has 0 bridgehead atoms. The highest BCUT2D eigenvalue weighted by molar-refractivity contribution is 5.45. The quantitative estimate of drug-likeness (QED) is 0.762. The van der Waals surface area contributed by atoms with E-state index in [0.717, 1.165) is 26.1 Å². The second-order valence-electron chi connectivity index (χ2n) is 3.42. The van der Waals surface area contributed by atoms with E-state index in [9.17, 15) is 0 Å². The maximum Gasteiger partial charge on any atom is 0.256 e. The van der Waals surface area contributed by atoms with Gasteiger partial charge in [-0.25, -0.2) is 0 Å². The fourth-order valence-electron chi connectivity index (χ4n) is 1.68. The van der Waals surface area contributed by atoms with Crippen molar-refractivity contribution in [2.24, 2.45) is 0 Å². The Hall–Kier alpha value is -1.23. The first-order chi connectivity index (χ1) is 6.81. The first-order valence-corrected chi connectivity index (χ1v) is 4.77. The van der Waals surface area contributed by atoms with Gasteiger partial charge in [-0.2, -0.15) is 0 Å². The number of nitrogens with two attached hydrogens (primary N) is 1. The average molecular weight is 197 g/mol. The van der Waals surface area contributed by atoms with Crippen LogP contribution in [0.25, 0.3) is 0 Å². The van der Waals surface area contributed by atoms with Crippen LogP contribution in [-0.4, -0.2) is 30.1 Å². The molecule has 1 aliphatic heterocycles. The first-order valence-electron chi connectivity index (χ1n) is 4.77. The molecule has 0 amide bonds. The van der Waals surface area contributed by atoms with Gasteiger partial charge in [-0.1, -0.05) is 0 Å². The number of hydrogen-bond donors (Lipinski definition) is 1. The largest absolute Gasteiger partial charge is 0.478 e. The lowest BCUT2D eigenvalue weighted by Crippen LogP contribution is -2.19. The van der Waals surface area contributed by atoms with Gasteiger partial charge in [-0.3, -0.25) is 4.68 Å². The minimum Gasteiger partial charge on any atom is -0.478 e. The highest BCUT2D eigenvalue weighted by Crippen LogP contribution is 2.25. The van der Waals surface area contributed by atoms with Crippen molar-refractivity contribution < 1.29 is 9.47 Å². The Bertz CT molecular complexity index is 305. The second kappa shape index (κ2) is 3.88. The molecule has 5 heteroatoms. The highest BCUT2D eigenvalue weighted by atomic mass is 16.5. The van der Waals surface area contributed by atoms with Crippen molar-refractivity contribution in [3.8, 4) is 5.88 Å². The predicted octanol–water partition coefficient (Wildman–Crippen LogP) is 0.825. The number of nitrogens with zero attached hydrogens (tertiary/aromatic N) is 2. The van der Waals surface area contributed by atoms with Gasteiger partial charge in [0.05, 0.1) is 19.3 Å². The number of rotatable bonds is 2. The normalized spacial score (nSPS) is 18.4. The fraction of sp³-hybridized carbons (Fsp3) is 0.667. The smallest absolute Gasteiger partial charge is 0.256 e. The average Bonchev–Trinajstić information content (AvgIpc) is 2.61. The van der Waals surface area contributed by atoms with Crippen LogP contribution in [0.2, 0.25) is 0 Å². The zero-order valence-electron chi connectivity index (χ0n) is 8.27. The third-order valence-electron chi connectivity index (χ3n) is 2.48. The van der Waals surface area contributed by atoms with Gasteiger partial charge in [0.15, 0.2) is 0 Å². The van der Waals surface area contributed by atoms with Crippen LogP contribution in [-0.2, 0) is 4.74 Å². The Kier molecular flexibility index (Phi) is 2.58. The Labute approximate surface area is 82.8 Å². The van der Waals surface area contributed by atoms with Crippen LogP contribution in [0.1, 0.15) is 18.9 Å². The van der Waals surface area contributed by atoms with Crippen molar-refractivity contribution in [1.29, 1.82) is 0 Å². The van der Waals surface area contributed by atoms with Gasteiger partial charge >= 0.3 is 0 Å². The van der Waals surface area contributed by atoms with Crippen molar-refractivity contribution in [1.82, 2.24) is 9.78 Å². The number of methoxy groups -OCH3 is 1. The SMILES string of the molecule is COc1nn(C2CCOCC2)cc1N. The van der Waals surface area contributed by atoms with Crippen LogP contribution in [0, 0.1) is 0 Å². The maximum atomic E-state index is 5.72. The number of nitrogen functional groups attached to an aromatic ring is 1. The molecule has 0 radical (unpaired) electrons. The molecule has 0 aliphatic carbocycles. The molecule has 0 saturated carbocycles. The topological polar surface area (TPSA) is 62.3 Å². The molecular weight excluding hydrogens is 182 g/mol. The number of hydrogen-bond acceptors (Lipinski definition) is 4. The van der Waals surface area contributed by atoms with Crippen molar-refractivity contribution in [3.63, 3.8) is 0 Å². The summed E-state index contributed by atoms with van der Waals surface area (Å²) >= 11 is 0. The number of ether oxygens (including phenoxy) is 2. The van der Waals surface area contributed by atoms with Gasteiger partial charge in [0.1, 0.15) is 5.69 Å². The molecule has 2 N–H and O–H groups in total. The van der Waals surface area contributed by atoms with Crippen molar-refractivity contribution in [2.75, 3.05) is 26.1 Å². The Morgan fingerprint density at radius 3 is 2.86 bits per heavy atom. The van der Waals surface area contributed by atoms with E-state index in [4.69, 9.17) is 15.2 Å². The molecule has 1 aliphatic rings. The molecule has 1 aromatic rings. The molecular formula is C9H15N3O2. The van der Waals surface area contributed by atoms with E-state index >= 15 is 0 Å². The third-order valence-corrected chi connectivity index (χ3v) is 2.48. The Balaban J connectivity index is 2.14. The van der Waals surface area contributed by atoms with Gasteiger partial charge in [-0.15, -0.1) is 5.10 Å². The lowest BCUT2D eigenvalue weighted by atomic mass is 10.1. The van der Waals surface area contributed by atoms with E-state index in [2.05, 4.69) is 5.10 Å². The molecule has 14 heavy (non-hydrogen) atoms. The van der Waals surface area contributed by atoms with Crippen LogP contribution < -0.4 is 10.5 Å². The minimum atomic E-state index is 0.398. The number of anilines is 1. The number of aromatic nitrogens is 2. The van der Waals surface area contributed by atoms with E-state index < -0.39 is 0 Å². The summed E-state index contributed by atoms with van der Waals surface area (Å²) in [5, 5.41) is 4.27. The monoisotopic (exact) mass is 197 g/mol. The van der Waals surface area contributed by atoms with Crippen molar-refractivity contribution in [2.45, 2.75) is 18.9 Å². The first kappa shape index (κ1) is 9.33. The van der Waals surface area contributed by atoms with Crippen LogP contribution in [0.5, 0.6) is 5.88 Å². The van der Waals surface area contributed by atoms with Crippen LogP contribution in [0.15, 0.2) is 6.20 Å². The highest BCUT2D eigenvalue weighted by Gasteiger charge is 2.18. The summed E-state index contributed by atoms with van der Waals surface area (Å²) in [6, 6.07) is 0.398. The summed E-state index contributed by atoms with van der Waals surface area (Å²) in [6.45, 7) is 1.60. The van der Waals surface area contributed by atoms with E-state index in [1.54, 1.807) is 7.11 Å². The fourth-order valence-corrected chi connectivity index (χ4v) is 1.68. The van der Waals surface area contributed by atoms with Gasteiger partial charge in [0, 0.05) is 13.2 Å². The third kappa shape index (κ3) is 1.68. The molecule has 0 unspecified atom stereocenters. The van der Waals surface area contributed by atoms with E-state index in [1.807, 2.05) is 10.9 Å². The molecule has 5 nitrogen and oxygen atoms in total. The standard InChI is InChI=1S/C9H15N3O2/c1-13-9-8(10)6-12(11-9)7-2-4-14-5-3-7/h6-7H,2-5,10H2,1H3. The summed E-state index contributed by atoms with van der Waals surface area (Å²) in [5.74, 6) is 0.511. The van der Waals surface area contributed by atoms with Gasteiger partial charge in [-0.05, 0) is 12.8 Å². The second-order valence-corrected chi connectivity index (χ2v) is 3.42. The molecule has 0 spiro atoms.